The van der Waals surface area contributed by atoms with Gasteiger partial charge < -0.3 is 23.7 Å². The fourth-order valence-electron chi connectivity index (χ4n) is 3.35. The first-order chi connectivity index (χ1) is 12.6. The Morgan fingerprint density at radius 1 is 0.704 bits per heavy atom. The van der Waals surface area contributed by atoms with Crippen LogP contribution in [0.25, 0.3) is 0 Å². The van der Waals surface area contributed by atoms with E-state index in [0.717, 1.165) is 0 Å². The lowest BCUT2D eigenvalue weighted by Gasteiger charge is -2.44. The van der Waals surface area contributed by atoms with E-state index in [1.165, 1.54) is 0 Å². The van der Waals surface area contributed by atoms with Crippen LogP contribution in [0.3, 0.4) is 0 Å². The van der Waals surface area contributed by atoms with Gasteiger partial charge in [0.1, 0.15) is 6.23 Å². The van der Waals surface area contributed by atoms with Gasteiger partial charge in [-0.05, 0) is 79.5 Å². The maximum absolute atomic E-state index is 5.94. The molecule has 0 spiro atoms. The SMILES string of the molecule is CCOC(C)(OCC)PC(C)N(C(C)OC)C(C)PC(C)(OCC)OCC. The fourth-order valence-corrected chi connectivity index (χ4v) is 7.09. The van der Waals surface area contributed by atoms with E-state index >= 15 is 0 Å². The Labute approximate surface area is 170 Å². The van der Waals surface area contributed by atoms with Crippen LogP contribution in [0.1, 0.15) is 62.3 Å². The Bertz CT molecular complexity index is 347. The predicted octanol–water partition coefficient (Wildman–Crippen LogP) is 4.82. The van der Waals surface area contributed by atoms with E-state index in [1.54, 1.807) is 7.11 Å². The van der Waals surface area contributed by atoms with Crippen LogP contribution in [0.4, 0.5) is 0 Å². The van der Waals surface area contributed by atoms with E-state index in [0.29, 0.717) is 43.6 Å². The van der Waals surface area contributed by atoms with Crippen molar-refractivity contribution in [2.24, 2.45) is 0 Å². The van der Waals surface area contributed by atoms with Gasteiger partial charge in [0.25, 0.3) is 0 Å². The Morgan fingerprint density at radius 3 is 1.22 bits per heavy atom. The van der Waals surface area contributed by atoms with Gasteiger partial charge in [-0.25, -0.2) is 0 Å². The monoisotopic (exact) mass is 427 g/mol. The van der Waals surface area contributed by atoms with Crippen molar-refractivity contribution in [3.05, 3.63) is 0 Å². The molecule has 5 atom stereocenters. The summed E-state index contributed by atoms with van der Waals surface area (Å²) in [5.41, 5.74) is -1.17. The van der Waals surface area contributed by atoms with Crippen molar-refractivity contribution < 1.29 is 23.7 Å². The average Bonchev–Trinajstić information content (AvgIpc) is 2.54. The largest absolute Gasteiger partial charge is 0.367 e. The Hall–Kier alpha value is 0.620. The third-order valence-electron chi connectivity index (χ3n) is 4.28. The molecule has 0 aromatic rings. The molecule has 0 amide bonds. The molecule has 0 heterocycles. The highest BCUT2D eigenvalue weighted by Crippen LogP contribution is 2.46. The van der Waals surface area contributed by atoms with Crippen LogP contribution in [0.15, 0.2) is 0 Å². The van der Waals surface area contributed by atoms with Crippen LogP contribution in [-0.4, -0.2) is 67.3 Å². The van der Waals surface area contributed by atoms with Crippen molar-refractivity contribution in [1.29, 1.82) is 0 Å². The molecule has 0 aromatic heterocycles. The van der Waals surface area contributed by atoms with Gasteiger partial charge in [0, 0.05) is 45.1 Å². The topological polar surface area (TPSA) is 49.4 Å². The summed E-state index contributed by atoms with van der Waals surface area (Å²) in [4.78, 5) is 2.38. The minimum absolute atomic E-state index is 0.0324. The fraction of sp³-hybridized carbons (Fsp3) is 1.00. The molecule has 0 aromatic carbocycles. The average molecular weight is 428 g/mol. The first-order valence-electron chi connectivity index (χ1n) is 10.0. The maximum Gasteiger partial charge on any atom is 0.182 e. The van der Waals surface area contributed by atoms with Crippen LogP contribution in [0.5, 0.6) is 0 Å². The van der Waals surface area contributed by atoms with Gasteiger partial charge in [0.05, 0.1) is 0 Å². The van der Waals surface area contributed by atoms with Crippen molar-refractivity contribution in [2.45, 2.75) is 91.2 Å². The molecular weight excluding hydrogens is 384 g/mol. The molecule has 5 unspecified atom stereocenters. The van der Waals surface area contributed by atoms with Gasteiger partial charge in [-0.2, -0.15) is 0 Å². The standard InChI is InChI=1S/C19H43NO5P2/c1-11-22-18(8,23-12-2)26-16(6)20(15(5)21-10)17(7)27-19(9,24-13-3)25-14-4/h15-17,26-27H,11-14H2,1-10H3. The number of nitrogens with zero attached hydrogens (tertiary/aromatic N) is 1. The van der Waals surface area contributed by atoms with Gasteiger partial charge in [-0.15, -0.1) is 0 Å². The summed E-state index contributed by atoms with van der Waals surface area (Å²) in [6.07, 6.45) is -0.0324. The third-order valence-corrected chi connectivity index (χ3v) is 7.33. The number of ether oxygens (including phenoxy) is 5. The van der Waals surface area contributed by atoms with Gasteiger partial charge >= 0.3 is 0 Å². The van der Waals surface area contributed by atoms with E-state index in [-0.39, 0.29) is 17.8 Å². The molecule has 8 heteroatoms. The maximum atomic E-state index is 5.94. The highest BCUT2D eigenvalue weighted by Gasteiger charge is 2.37. The van der Waals surface area contributed by atoms with E-state index in [4.69, 9.17) is 23.7 Å². The summed E-state index contributed by atoms with van der Waals surface area (Å²) in [5, 5.41) is 0. The predicted molar refractivity (Wildman–Crippen MR) is 117 cm³/mol. The molecule has 0 saturated carbocycles. The third kappa shape index (κ3) is 9.78. The Morgan fingerprint density at radius 2 is 1.00 bits per heavy atom. The van der Waals surface area contributed by atoms with Crippen LogP contribution < -0.4 is 0 Å². The van der Waals surface area contributed by atoms with Gasteiger partial charge in [0.15, 0.2) is 11.1 Å². The number of hydrogen-bond donors (Lipinski definition) is 0. The second kappa shape index (κ2) is 13.8. The first-order valence-corrected chi connectivity index (χ1v) is 12.2. The van der Waals surface area contributed by atoms with Crippen LogP contribution in [0, 0.1) is 0 Å². The lowest BCUT2D eigenvalue weighted by molar-refractivity contribution is -0.158. The molecule has 164 valence electrons. The Balaban J connectivity index is 5.39. The summed E-state index contributed by atoms with van der Waals surface area (Å²) in [7, 11) is 2.64. The molecule has 0 N–H and O–H groups in total. The summed E-state index contributed by atoms with van der Waals surface area (Å²) in [5.74, 6) is 0.441. The minimum atomic E-state index is -0.583. The molecular formula is C19H43NO5P2. The van der Waals surface area contributed by atoms with Crippen molar-refractivity contribution >= 4 is 17.2 Å². The summed E-state index contributed by atoms with van der Waals surface area (Å²) >= 11 is 0. The van der Waals surface area contributed by atoms with Crippen molar-refractivity contribution in [1.82, 2.24) is 4.90 Å². The molecule has 27 heavy (non-hydrogen) atoms. The molecule has 0 saturated heterocycles. The number of methoxy groups -OCH3 is 1. The van der Waals surface area contributed by atoms with Crippen LogP contribution in [-0.2, 0) is 23.7 Å². The van der Waals surface area contributed by atoms with E-state index in [1.807, 2.05) is 41.5 Å². The molecule has 0 bridgehead atoms. The molecule has 0 fully saturated rings. The van der Waals surface area contributed by atoms with Gasteiger partial charge in [0.2, 0.25) is 0 Å². The lowest BCUT2D eigenvalue weighted by atomic mass is 10.4. The zero-order valence-electron chi connectivity index (χ0n) is 19.0. The molecule has 0 radical (unpaired) electrons. The first kappa shape index (κ1) is 27.6. The second-order valence-electron chi connectivity index (χ2n) is 6.55. The molecule has 0 aliphatic rings. The highest BCUT2D eigenvalue weighted by molar-refractivity contribution is 7.41. The zero-order valence-corrected chi connectivity index (χ0v) is 21.0. The van der Waals surface area contributed by atoms with Crippen molar-refractivity contribution in [2.75, 3.05) is 33.5 Å². The Kier molecular flexibility index (Phi) is 14.1. The second-order valence-corrected chi connectivity index (χ2v) is 10.6. The smallest absolute Gasteiger partial charge is 0.182 e. The summed E-state index contributed by atoms with van der Waals surface area (Å²) < 4.78 is 29.4. The molecule has 0 aliphatic carbocycles. The minimum Gasteiger partial charge on any atom is -0.367 e. The summed E-state index contributed by atoms with van der Waals surface area (Å²) in [6.45, 7) is 21.1. The van der Waals surface area contributed by atoms with E-state index in [9.17, 15) is 0 Å². The van der Waals surface area contributed by atoms with E-state index < -0.39 is 11.1 Å². The quantitative estimate of drug-likeness (QED) is 0.260. The zero-order chi connectivity index (χ0) is 21.1. The van der Waals surface area contributed by atoms with Crippen molar-refractivity contribution in [3.63, 3.8) is 0 Å². The molecule has 6 nitrogen and oxygen atoms in total. The van der Waals surface area contributed by atoms with Crippen LogP contribution >= 0.6 is 17.2 Å². The van der Waals surface area contributed by atoms with E-state index in [2.05, 4.69) is 25.7 Å². The summed E-state index contributed by atoms with van der Waals surface area (Å²) in [6, 6.07) is 0. The molecule has 0 aliphatic heterocycles. The number of hydrogen-bond acceptors (Lipinski definition) is 6. The van der Waals surface area contributed by atoms with Gasteiger partial charge in [-0.3, -0.25) is 4.90 Å². The molecule has 0 rings (SSSR count). The normalized spacial score (nSPS) is 17.4. The highest BCUT2D eigenvalue weighted by atomic mass is 31.1. The van der Waals surface area contributed by atoms with Crippen molar-refractivity contribution in [3.8, 4) is 0 Å². The van der Waals surface area contributed by atoms with Gasteiger partial charge in [-0.1, -0.05) is 0 Å². The lowest BCUT2D eigenvalue weighted by Crippen LogP contribution is -2.47. The number of rotatable bonds is 16. The van der Waals surface area contributed by atoms with Crippen LogP contribution in [0.2, 0.25) is 0 Å².